The molecule has 6 nitrogen and oxygen atoms in total. The minimum absolute atomic E-state index is 0.0751. The van der Waals surface area contributed by atoms with Crippen LogP contribution in [-0.2, 0) is 21.1 Å². The number of hydrogen-bond donors (Lipinski definition) is 2. The van der Waals surface area contributed by atoms with Crippen molar-refractivity contribution in [3.63, 3.8) is 0 Å². The van der Waals surface area contributed by atoms with Crippen molar-refractivity contribution in [2.45, 2.75) is 12.8 Å². The highest BCUT2D eigenvalue weighted by atomic mass is 32.2. The number of carboxylic acids is 1. The summed E-state index contributed by atoms with van der Waals surface area (Å²) in [6.07, 6.45) is 0.884. The average Bonchev–Trinajstić information content (AvgIpc) is 2.79. The van der Waals surface area contributed by atoms with Gasteiger partial charge in [-0.2, -0.15) is 0 Å². The van der Waals surface area contributed by atoms with Gasteiger partial charge in [-0.05, 0) is 30.5 Å². The van der Waals surface area contributed by atoms with Crippen LogP contribution >= 0.6 is 0 Å². The van der Waals surface area contributed by atoms with E-state index < -0.39 is 21.7 Å². The Hall–Kier alpha value is -1.89. The van der Waals surface area contributed by atoms with Gasteiger partial charge < -0.3 is 10.4 Å². The molecule has 1 saturated heterocycles. The second-order valence-corrected chi connectivity index (χ2v) is 7.38. The Morgan fingerprint density at radius 3 is 2.71 bits per heavy atom. The maximum atomic E-state index is 11.8. The lowest BCUT2D eigenvalue weighted by atomic mass is 10.1. The molecule has 1 amide bonds. The molecule has 1 aliphatic rings. The molecular formula is C14H17NO5S. The number of carbonyl (C=O) groups excluding carboxylic acids is 1. The smallest absolute Gasteiger partial charge is 0.335 e. The van der Waals surface area contributed by atoms with Gasteiger partial charge in [-0.25, -0.2) is 13.2 Å². The first-order valence-electron chi connectivity index (χ1n) is 6.68. The van der Waals surface area contributed by atoms with Gasteiger partial charge in [-0.3, -0.25) is 4.79 Å². The molecule has 1 atom stereocenters. The summed E-state index contributed by atoms with van der Waals surface area (Å²) in [5.74, 6) is -1.69. The Bertz CT molecular complexity index is 653. The standard InChI is InChI=1S/C14H17NO5S/c16-13(12-5-7-21(19,20)9-12)15-6-4-10-2-1-3-11(8-10)14(17)18/h1-3,8,12H,4-7,9H2,(H,15,16)(H,17,18)/t12-/m1/s1. The van der Waals surface area contributed by atoms with Crippen LogP contribution in [0.15, 0.2) is 24.3 Å². The summed E-state index contributed by atoms with van der Waals surface area (Å²) in [5, 5.41) is 11.6. The number of hydrogen-bond acceptors (Lipinski definition) is 4. The largest absolute Gasteiger partial charge is 0.478 e. The summed E-state index contributed by atoms with van der Waals surface area (Å²) in [6.45, 7) is 0.360. The second-order valence-electron chi connectivity index (χ2n) is 5.15. The molecule has 0 unspecified atom stereocenters. The lowest BCUT2D eigenvalue weighted by Crippen LogP contribution is -2.32. The third-order valence-corrected chi connectivity index (χ3v) is 5.26. The highest BCUT2D eigenvalue weighted by molar-refractivity contribution is 7.91. The average molecular weight is 311 g/mol. The highest BCUT2D eigenvalue weighted by Crippen LogP contribution is 2.18. The second kappa shape index (κ2) is 6.26. The van der Waals surface area contributed by atoms with Crippen molar-refractivity contribution in [1.82, 2.24) is 5.32 Å². The maximum Gasteiger partial charge on any atom is 0.335 e. The van der Waals surface area contributed by atoms with Gasteiger partial charge in [0.1, 0.15) is 0 Å². The van der Waals surface area contributed by atoms with Gasteiger partial charge in [0, 0.05) is 6.54 Å². The van der Waals surface area contributed by atoms with Crippen LogP contribution in [0, 0.1) is 5.92 Å². The first kappa shape index (κ1) is 15.5. The zero-order valence-electron chi connectivity index (χ0n) is 11.4. The molecule has 1 fully saturated rings. The molecule has 0 radical (unpaired) electrons. The fourth-order valence-electron chi connectivity index (χ4n) is 2.34. The normalized spacial score (nSPS) is 20.1. The first-order valence-corrected chi connectivity index (χ1v) is 8.50. The molecule has 1 aliphatic heterocycles. The van der Waals surface area contributed by atoms with Crippen molar-refractivity contribution in [3.05, 3.63) is 35.4 Å². The summed E-state index contributed by atoms with van der Waals surface area (Å²) in [5.41, 5.74) is 1.02. The number of amides is 1. The van der Waals surface area contributed by atoms with E-state index >= 15 is 0 Å². The van der Waals surface area contributed by atoms with E-state index in [4.69, 9.17) is 5.11 Å². The van der Waals surface area contributed by atoms with E-state index in [1.54, 1.807) is 18.2 Å². The van der Waals surface area contributed by atoms with Gasteiger partial charge in [0.05, 0.1) is 23.0 Å². The van der Waals surface area contributed by atoms with Crippen molar-refractivity contribution < 1.29 is 23.1 Å². The van der Waals surface area contributed by atoms with Crippen molar-refractivity contribution in [1.29, 1.82) is 0 Å². The van der Waals surface area contributed by atoms with Crippen LogP contribution in [0.25, 0.3) is 0 Å². The highest BCUT2D eigenvalue weighted by Gasteiger charge is 2.32. The summed E-state index contributed by atoms with van der Waals surface area (Å²) < 4.78 is 22.6. The van der Waals surface area contributed by atoms with Crippen molar-refractivity contribution in [2.75, 3.05) is 18.1 Å². The number of benzene rings is 1. The van der Waals surface area contributed by atoms with Gasteiger partial charge in [-0.15, -0.1) is 0 Å². The summed E-state index contributed by atoms with van der Waals surface area (Å²) >= 11 is 0. The predicted molar refractivity (Wildman–Crippen MR) is 76.9 cm³/mol. The van der Waals surface area contributed by atoms with E-state index in [0.717, 1.165) is 5.56 Å². The van der Waals surface area contributed by atoms with Crippen molar-refractivity contribution in [3.8, 4) is 0 Å². The fourth-order valence-corrected chi connectivity index (χ4v) is 4.08. The van der Waals surface area contributed by atoms with Crippen molar-refractivity contribution >= 4 is 21.7 Å². The predicted octanol–water partition coefficient (Wildman–Crippen LogP) is 0.478. The monoisotopic (exact) mass is 311 g/mol. The SMILES string of the molecule is O=C(O)c1cccc(CCNC(=O)[C@@H]2CCS(=O)(=O)C2)c1. The lowest BCUT2D eigenvalue weighted by Gasteiger charge is -2.09. The van der Waals surface area contributed by atoms with E-state index in [1.165, 1.54) is 6.07 Å². The molecule has 0 aromatic heterocycles. The number of carbonyl (C=O) groups is 2. The van der Waals surface area contributed by atoms with Crippen LogP contribution in [0.1, 0.15) is 22.3 Å². The minimum atomic E-state index is -3.06. The molecule has 7 heteroatoms. The van der Waals surface area contributed by atoms with E-state index in [2.05, 4.69) is 5.32 Å². The molecule has 0 bridgehead atoms. The zero-order chi connectivity index (χ0) is 15.5. The van der Waals surface area contributed by atoms with Crippen molar-refractivity contribution in [2.24, 2.45) is 5.92 Å². The Kier molecular flexibility index (Phi) is 4.62. The Morgan fingerprint density at radius 1 is 1.33 bits per heavy atom. The van der Waals surface area contributed by atoms with Gasteiger partial charge in [0.2, 0.25) is 5.91 Å². The Labute approximate surface area is 123 Å². The van der Waals surface area contributed by atoms with E-state index in [-0.39, 0.29) is 23.0 Å². The quantitative estimate of drug-likeness (QED) is 0.823. The molecule has 1 aromatic carbocycles. The molecule has 1 aromatic rings. The molecule has 2 rings (SSSR count). The molecule has 1 heterocycles. The van der Waals surface area contributed by atoms with Gasteiger partial charge >= 0.3 is 5.97 Å². The third kappa shape index (κ3) is 4.29. The summed E-state index contributed by atoms with van der Waals surface area (Å²) in [7, 11) is -3.06. The van der Waals surface area contributed by atoms with Crippen LogP contribution in [0.2, 0.25) is 0 Å². The Balaban J connectivity index is 1.83. The van der Waals surface area contributed by atoms with Crippen LogP contribution in [0.5, 0.6) is 0 Å². The number of nitrogens with one attached hydrogen (secondary N) is 1. The number of carboxylic acid groups (broad SMARTS) is 1. The fraction of sp³-hybridized carbons (Fsp3) is 0.429. The van der Waals surface area contributed by atoms with Gasteiger partial charge in [0.25, 0.3) is 0 Å². The molecule has 0 saturated carbocycles. The zero-order valence-corrected chi connectivity index (χ0v) is 12.2. The van der Waals surface area contributed by atoms with Gasteiger partial charge in [0.15, 0.2) is 9.84 Å². The van der Waals surface area contributed by atoms with Gasteiger partial charge in [-0.1, -0.05) is 12.1 Å². The number of rotatable bonds is 5. The molecule has 21 heavy (non-hydrogen) atoms. The van der Waals surface area contributed by atoms with E-state index in [1.807, 2.05) is 0 Å². The molecule has 2 N–H and O–H groups in total. The molecule has 0 spiro atoms. The van der Waals surface area contributed by atoms with Crippen LogP contribution < -0.4 is 5.32 Å². The molecular weight excluding hydrogens is 294 g/mol. The van der Waals surface area contributed by atoms with E-state index in [9.17, 15) is 18.0 Å². The number of sulfone groups is 1. The van der Waals surface area contributed by atoms with Crippen LogP contribution in [-0.4, -0.2) is 43.5 Å². The third-order valence-electron chi connectivity index (χ3n) is 3.49. The van der Waals surface area contributed by atoms with Crippen LogP contribution in [0.4, 0.5) is 0 Å². The summed E-state index contributed by atoms with van der Waals surface area (Å²) in [6, 6.07) is 6.52. The topological polar surface area (TPSA) is 101 Å². The summed E-state index contributed by atoms with van der Waals surface area (Å²) in [4.78, 5) is 22.7. The number of aromatic carboxylic acids is 1. The Morgan fingerprint density at radius 2 is 2.10 bits per heavy atom. The first-order chi connectivity index (χ1) is 9.87. The lowest BCUT2D eigenvalue weighted by molar-refractivity contribution is -0.124. The van der Waals surface area contributed by atoms with Crippen LogP contribution in [0.3, 0.4) is 0 Å². The maximum absolute atomic E-state index is 11.8. The van der Waals surface area contributed by atoms with E-state index in [0.29, 0.717) is 19.4 Å². The molecule has 0 aliphatic carbocycles. The molecule has 114 valence electrons. The minimum Gasteiger partial charge on any atom is -0.478 e.